The topological polar surface area (TPSA) is 81.4 Å². The van der Waals surface area contributed by atoms with E-state index in [9.17, 15) is 9.59 Å². The number of carbonyl (C=O) groups excluding carboxylic acids is 2. The fraction of sp³-hybridized carbons (Fsp3) is 0.267. The molecule has 6 heteroatoms. The van der Waals surface area contributed by atoms with Gasteiger partial charge in [-0.15, -0.1) is 0 Å². The van der Waals surface area contributed by atoms with Crippen LogP contribution < -0.4 is 5.32 Å². The summed E-state index contributed by atoms with van der Waals surface area (Å²) in [5, 5.41) is 2.54. The summed E-state index contributed by atoms with van der Waals surface area (Å²) in [4.78, 5) is 26.7. The molecule has 1 aromatic carbocycles. The molecule has 2 aromatic rings. The lowest BCUT2D eigenvalue weighted by atomic mass is 9.91. The van der Waals surface area contributed by atoms with Crippen LogP contribution in [0.15, 0.2) is 41.3 Å². The molecule has 1 aromatic heterocycles. The number of rotatable bonds is 4. The maximum Gasteiger partial charge on any atom is 0.408 e. The van der Waals surface area contributed by atoms with Gasteiger partial charge in [-0.3, -0.25) is 4.79 Å². The predicted octanol–water partition coefficient (Wildman–Crippen LogP) is 2.30. The lowest BCUT2D eigenvalue weighted by molar-refractivity contribution is -0.126. The molecule has 0 spiro atoms. The summed E-state index contributed by atoms with van der Waals surface area (Å²) in [6.45, 7) is 0.159. The van der Waals surface area contributed by atoms with E-state index in [4.69, 9.17) is 9.15 Å². The van der Waals surface area contributed by atoms with Crippen LogP contribution in [0.4, 0.5) is 4.79 Å². The van der Waals surface area contributed by atoms with Gasteiger partial charge in [0.15, 0.2) is 12.2 Å². The van der Waals surface area contributed by atoms with Crippen molar-refractivity contribution < 1.29 is 18.7 Å². The summed E-state index contributed by atoms with van der Waals surface area (Å²) in [7, 11) is 0. The number of alkyl carbamates (subject to hydrolysis) is 1. The number of nitrogens with one attached hydrogen (secondary N) is 1. The molecule has 108 valence electrons. The summed E-state index contributed by atoms with van der Waals surface area (Å²) in [5.74, 6) is 0.0592. The Hall–Kier alpha value is -2.63. The van der Waals surface area contributed by atoms with E-state index < -0.39 is 6.09 Å². The Balaban J connectivity index is 1.51. The number of carbonyl (C=O) groups is 2. The standard InChI is InChI=1S/C15H14N2O4/c18-14-6-5-12(14)17-15(19)21-7-10-1-3-11(4-2-10)13-8-20-9-16-13/h1-4,8-9,12H,5-7H2,(H,17,19)/t12-/m0/s1. The van der Waals surface area contributed by atoms with Gasteiger partial charge in [-0.25, -0.2) is 9.78 Å². The van der Waals surface area contributed by atoms with E-state index in [1.807, 2.05) is 24.3 Å². The van der Waals surface area contributed by atoms with Crippen molar-refractivity contribution in [2.24, 2.45) is 0 Å². The van der Waals surface area contributed by atoms with Gasteiger partial charge in [-0.1, -0.05) is 24.3 Å². The van der Waals surface area contributed by atoms with Crippen LogP contribution in [0.5, 0.6) is 0 Å². The Morgan fingerprint density at radius 3 is 2.76 bits per heavy atom. The molecule has 0 saturated heterocycles. The molecule has 1 N–H and O–H groups in total. The summed E-state index contributed by atoms with van der Waals surface area (Å²) in [6.07, 6.45) is 3.61. The molecular weight excluding hydrogens is 272 g/mol. The predicted molar refractivity (Wildman–Crippen MR) is 73.3 cm³/mol. The lowest BCUT2D eigenvalue weighted by Gasteiger charge is -2.24. The van der Waals surface area contributed by atoms with Crippen molar-refractivity contribution in [2.75, 3.05) is 0 Å². The number of ketones is 1. The third-order valence-electron chi connectivity index (χ3n) is 3.41. The smallest absolute Gasteiger partial charge is 0.408 e. The van der Waals surface area contributed by atoms with E-state index in [1.165, 1.54) is 6.39 Å². The fourth-order valence-electron chi connectivity index (χ4n) is 2.02. The highest BCUT2D eigenvalue weighted by Crippen LogP contribution is 2.18. The van der Waals surface area contributed by atoms with Crippen molar-refractivity contribution in [3.63, 3.8) is 0 Å². The Labute approximate surface area is 121 Å². The number of hydrogen-bond acceptors (Lipinski definition) is 5. The van der Waals surface area contributed by atoms with Gasteiger partial charge in [-0.05, 0) is 12.0 Å². The molecule has 0 aliphatic heterocycles. The highest BCUT2D eigenvalue weighted by molar-refractivity contribution is 5.92. The molecule has 6 nitrogen and oxygen atoms in total. The van der Waals surface area contributed by atoms with Crippen molar-refractivity contribution in [1.82, 2.24) is 10.3 Å². The molecule has 1 fully saturated rings. The average Bonchev–Trinajstić information content (AvgIpc) is 3.04. The van der Waals surface area contributed by atoms with Gasteiger partial charge in [0.1, 0.15) is 18.6 Å². The Kier molecular flexibility index (Phi) is 3.68. The zero-order valence-electron chi connectivity index (χ0n) is 11.2. The molecule has 3 rings (SSSR count). The molecule has 0 unspecified atom stereocenters. The number of ether oxygens (including phenoxy) is 1. The Bertz CT molecular complexity index is 634. The maximum absolute atomic E-state index is 11.5. The van der Waals surface area contributed by atoms with E-state index in [2.05, 4.69) is 10.3 Å². The van der Waals surface area contributed by atoms with Crippen LogP contribution in [0.2, 0.25) is 0 Å². The van der Waals surface area contributed by atoms with E-state index in [1.54, 1.807) is 6.26 Å². The van der Waals surface area contributed by atoms with E-state index in [0.717, 1.165) is 16.8 Å². The Morgan fingerprint density at radius 2 is 2.19 bits per heavy atom. The molecule has 1 aliphatic carbocycles. The molecule has 1 amide bonds. The first-order chi connectivity index (χ1) is 10.2. The molecule has 1 atom stereocenters. The summed E-state index contributed by atoms with van der Waals surface area (Å²) < 4.78 is 10.0. The molecule has 0 bridgehead atoms. The van der Waals surface area contributed by atoms with Crippen LogP contribution in [0.1, 0.15) is 18.4 Å². The minimum absolute atomic E-state index is 0.0592. The largest absolute Gasteiger partial charge is 0.451 e. The third-order valence-corrected chi connectivity index (χ3v) is 3.41. The number of benzene rings is 1. The molecule has 21 heavy (non-hydrogen) atoms. The zero-order chi connectivity index (χ0) is 14.7. The minimum atomic E-state index is -0.561. The second-order valence-corrected chi connectivity index (χ2v) is 4.85. The van der Waals surface area contributed by atoms with Crippen LogP contribution in [0.3, 0.4) is 0 Å². The van der Waals surface area contributed by atoms with E-state index in [0.29, 0.717) is 12.8 Å². The number of amides is 1. The Morgan fingerprint density at radius 1 is 1.38 bits per heavy atom. The minimum Gasteiger partial charge on any atom is -0.451 e. The summed E-state index contributed by atoms with van der Waals surface area (Å²) >= 11 is 0. The third kappa shape index (κ3) is 3.10. The second-order valence-electron chi connectivity index (χ2n) is 4.85. The molecule has 1 saturated carbocycles. The van der Waals surface area contributed by atoms with Crippen molar-refractivity contribution in [3.8, 4) is 11.3 Å². The van der Waals surface area contributed by atoms with Crippen LogP contribution in [-0.4, -0.2) is 22.9 Å². The highest BCUT2D eigenvalue weighted by atomic mass is 16.5. The van der Waals surface area contributed by atoms with Crippen molar-refractivity contribution in [2.45, 2.75) is 25.5 Å². The van der Waals surface area contributed by atoms with Crippen molar-refractivity contribution in [3.05, 3.63) is 42.5 Å². The van der Waals surface area contributed by atoms with Crippen molar-refractivity contribution in [1.29, 1.82) is 0 Å². The van der Waals surface area contributed by atoms with Crippen LogP contribution in [0.25, 0.3) is 11.3 Å². The first-order valence-electron chi connectivity index (χ1n) is 6.66. The normalized spacial score (nSPS) is 17.1. The van der Waals surface area contributed by atoms with Gasteiger partial charge in [0.2, 0.25) is 0 Å². The zero-order valence-corrected chi connectivity index (χ0v) is 11.2. The number of aromatic nitrogens is 1. The summed E-state index contributed by atoms with van der Waals surface area (Å²) in [5.41, 5.74) is 2.54. The SMILES string of the molecule is O=C(N[C@H]1CCC1=O)OCc1ccc(-c2cocn2)cc1. The average molecular weight is 286 g/mol. The highest BCUT2D eigenvalue weighted by Gasteiger charge is 2.29. The van der Waals surface area contributed by atoms with Gasteiger partial charge in [0, 0.05) is 12.0 Å². The van der Waals surface area contributed by atoms with Crippen LogP contribution in [0, 0.1) is 0 Å². The lowest BCUT2D eigenvalue weighted by Crippen LogP contribution is -2.47. The number of hydrogen-bond donors (Lipinski definition) is 1. The van der Waals surface area contributed by atoms with E-state index in [-0.39, 0.29) is 18.4 Å². The molecular formula is C15H14N2O4. The first kappa shape index (κ1) is 13.4. The summed E-state index contributed by atoms with van der Waals surface area (Å²) in [6, 6.07) is 7.10. The maximum atomic E-state index is 11.5. The molecule has 1 heterocycles. The second kappa shape index (κ2) is 5.78. The van der Waals surface area contributed by atoms with Gasteiger partial charge >= 0.3 is 6.09 Å². The van der Waals surface area contributed by atoms with Gasteiger partial charge in [0.05, 0.1) is 6.04 Å². The van der Waals surface area contributed by atoms with Crippen LogP contribution in [-0.2, 0) is 16.1 Å². The first-order valence-corrected chi connectivity index (χ1v) is 6.66. The molecule has 1 aliphatic rings. The number of nitrogens with zero attached hydrogens (tertiary/aromatic N) is 1. The van der Waals surface area contributed by atoms with E-state index >= 15 is 0 Å². The van der Waals surface area contributed by atoms with Crippen LogP contribution >= 0.6 is 0 Å². The molecule has 0 radical (unpaired) electrons. The number of oxazole rings is 1. The quantitative estimate of drug-likeness (QED) is 0.932. The van der Waals surface area contributed by atoms with Gasteiger partial charge in [-0.2, -0.15) is 0 Å². The number of Topliss-reactive ketones (excluding diaryl/α,β-unsaturated/α-hetero) is 1. The monoisotopic (exact) mass is 286 g/mol. The fourth-order valence-corrected chi connectivity index (χ4v) is 2.02. The van der Waals surface area contributed by atoms with Crippen molar-refractivity contribution >= 4 is 11.9 Å². The van der Waals surface area contributed by atoms with Gasteiger partial charge in [0.25, 0.3) is 0 Å². The van der Waals surface area contributed by atoms with Gasteiger partial charge < -0.3 is 14.5 Å².